The molecule has 24 heavy (non-hydrogen) atoms. The van der Waals surface area contributed by atoms with Gasteiger partial charge in [0.2, 0.25) is 0 Å². The van der Waals surface area contributed by atoms with E-state index in [9.17, 15) is 4.79 Å². The molecule has 0 saturated carbocycles. The summed E-state index contributed by atoms with van der Waals surface area (Å²) in [6.07, 6.45) is 0. The summed E-state index contributed by atoms with van der Waals surface area (Å²) >= 11 is 0. The first-order valence-electron chi connectivity index (χ1n) is 7.73. The number of para-hydroxylation sites is 1. The third-order valence-electron chi connectivity index (χ3n) is 3.92. The highest BCUT2D eigenvalue weighted by Gasteiger charge is 2.14. The van der Waals surface area contributed by atoms with Crippen LogP contribution in [0.4, 0.5) is 5.82 Å². The second-order valence-electron chi connectivity index (χ2n) is 5.90. The van der Waals surface area contributed by atoms with Crippen molar-refractivity contribution < 1.29 is 4.79 Å². The number of rotatable bonds is 3. The molecule has 0 aliphatic carbocycles. The standard InChI is InChI=1S/C17H16N6O/c1-10(2)23-15-8-7-11(9-14(15)20-22-23)17(24)18-16-12-5-3-4-6-13(12)19-21-16/h3-10H,1-2H3,(H2,18,19,21,24). The van der Waals surface area contributed by atoms with E-state index in [1.54, 1.807) is 12.1 Å². The molecule has 0 spiro atoms. The highest BCUT2D eigenvalue weighted by Crippen LogP contribution is 2.21. The molecule has 0 bridgehead atoms. The summed E-state index contributed by atoms with van der Waals surface area (Å²) < 4.78 is 1.83. The van der Waals surface area contributed by atoms with Crippen molar-refractivity contribution in [3.63, 3.8) is 0 Å². The maximum absolute atomic E-state index is 12.5. The van der Waals surface area contributed by atoms with E-state index < -0.39 is 0 Å². The number of hydrogen-bond acceptors (Lipinski definition) is 4. The SMILES string of the molecule is CC(C)n1nnc2cc(C(=O)Nc3n[nH]c4ccccc34)ccc21. The number of carbonyl (C=O) groups is 1. The predicted octanol–water partition coefficient (Wildman–Crippen LogP) is 3.14. The maximum atomic E-state index is 12.5. The number of aromatic amines is 1. The second-order valence-corrected chi connectivity index (χ2v) is 5.90. The molecule has 120 valence electrons. The summed E-state index contributed by atoms with van der Waals surface area (Å²) in [5.41, 5.74) is 3.00. The van der Waals surface area contributed by atoms with Gasteiger partial charge in [0, 0.05) is 17.0 Å². The fraction of sp³-hybridized carbons (Fsp3) is 0.176. The third-order valence-corrected chi connectivity index (χ3v) is 3.92. The molecule has 7 nitrogen and oxygen atoms in total. The summed E-state index contributed by atoms with van der Waals surface area (Å²) in [7, 11) is 0. The van der Waals surface area contributed by atoms with Crippen LogP contribution in [0.25, 0.3) is 21.9 Å². The van der Waals surface area contributed by atoms with E-state index in [2.05, 4.69) is 25.8 Å². The fourth-order valence-electron chi connectivity index (χ4n) is 2.70. The zero-order chi connectivity index (χ0) is 16.7. The molecule has 7 heteroatoms. The smallest absolute Gasteiger partial charge is 0.256 e. The summed E-state index contributed by atoms with van der Waals surface area (Å²) in [4.78, 5) is 12.5. The minimum atomic E-state index is -0.228. The number of aromatic nitrogens is 5. The largest absolute Gasteiger partial charge is 0.305 e. The third kappa shape index (κ3) is 2.30. The van der Waals surface area contributed by atoms with Crippen LogP contribution in [0, 0.1) is 0 Å². The zero-order valence-corrected chi connectivity index (χ0v) is 13.3. The Morgan fingerprint density at radius 2 is 2.04 bits per heavy atom. The molecule has 1 amide bonds. The average Bonchev–Trinajstić information content (AvgIpc) is 3.18. The van der Waals surface area contributed by atoms with E-state index in [1.807, 2.05) is 48.9 Å². The lowest BCUT2D eigenvalue weighted by atomic mass is 10.1. The molecule has 4 rings (SSSR count). The number of fused-ring (bicyclic) bond motifs is 2. The molecule has 0 atom stereocenters. The quantitative estimate of drug-likeness (QED) is 0.607. The molecule has 2 N–H and O–H groups in total. The first-order valence-corrected chi connectivity index (χ1v) is 7.73. The summed E-state index contributed by atoms with van der Waals surface area (Å²) in [5.74, 6) is 0.287. The van der Waals surface area contributed by atoms with E-state index in [0.29, 0.717) is 16.9 Å². The molecule has 2 heterocycles. The van der Waals surface area contributed by atoms with Crippen molar-refractivity contribution in [2.24, 2.45) is 0 Å². The first-order chi connectivity index (χ1) is 11.6. The van der Waals surface area contributed by atoms with Gasteiger partial charge in [-0.15, -0.1) is 5.10 Å². The lowest BCUT2D eigenvalue weighted by molar-refractivity contribution is 0.102. The zero-order valence-electron chi connectivity index (χ0n) is 13.3. The molecule has 0 aliphatic heterocycles. The van der Waals surface area contributed by atoms with Gasteiger partial charge >= 0.3 is 0 Å². The Labute approximate surface area is 137 Å². The number of nitrogens with one attached hydrogen (secondary N) is 2. The first kappa shape index (κ1) is 14.4. The van der Waals surface area contributed by atoms with Gasteiger partial charge in [-0.1, -0.05) is 17.3 Å². The minimum absolute atomic E-state index is 0.213. The number of benzene rings is 2. The molecular formula is C17H16N6O. The van der Waals surface area contributed by atoms with Crippen LogP contribution in [-0.2, 0) is 0 Å². The van der Waals surface area contributed by atoms with E-state index in [-0.39, 0.29) is 11.9 Å². The number of hydrogen-bond donors (Lipinski definition) is 2. The van der Waals surface area contributed by atoms with Gasteiger partial charge in [0.05, 0.1) is 11.0 Å². The van der Waals surface area contributed by atoms with Crippen molar-refractivity contribution in [3.05, 3.63) is 48.0 Å². The van der Waals surface area contributed by atoms with E-state index in [4.69, 9.17) is 0 Å². The Morgan fingerprint density at radius 1 is 1.21 bits per heavy atom. The number of nitrogens with zero attached hydrogens (tertiary/aromatic N) is 4. The van der Waals surface area contributed by atoms with Gasteiger partial charge in [0.15, 0.2) is 5.82 Å². The van der Waals surface area contributed by atoms with Crippen LogP contribution < -0.4 is 5.32 Å². The fourth-order valence-corrected chi connectivity index (χ4v) is 2.70. The second kappa shape index (κ2) is 5.45. The molecule has 0 aliphatic rings. The van der Waals surface area contributed by atoms with Crippen molar-refractivity contribution >= 4 is 33.7 Å². The monoisotopic (exact) mass is 320 g/mol. The predicted molar refractivity (Wildman–Crippen MR) is 92.0 cm³/mol. The van der Waals surface area contributed by atoms with Gasteiger partial charge in [0.1, 0.15) is 5.52 Å². The molecule has 2 aromatic carbocycles. The molecule has 0 unspecified atom stereocenters. The van der Waals surface area contributed by atoms with Crippen molar-refractivity contribution in [2.45, 2.75) is 19.9 Å². The van der Waals surface area contributed by atoms with Crippen molar-refractivity contribution in [3.8, 4) is 0 Å². The van der Waals surface area contributed by atoms with Gasteiger partial charge in [-0.3, -0.25) is 9.89 Å². The van der Waals surface area contributed by atoms with Gasteiger partial charge in [0.25, 0.3) is 5.91 Å². The molecule has 0 saturated heterocycles. The van der Waals surface area contributed by atoms with Crippen molar-refractivity contribution in [2.75, 3.05) is 5.32 Å². The van der Waals surface area contributed by atoms with Crippen LogP contribution in [0.1, 0.15) is 30.2 Å². The number of H-pyrrole nitrogens is 1. The van der Waals surface area contributed by atoms with Crippen LogP contribution in [0.3, 0.4) is 0 Å². The summed E-state index contributed by atoms with van der Waals surface area (Å²) in [5, 5.41) is 19.0. The highest BCUT2D eigenvalue weighted by atomic mass is 16.1. The Bertz CT molecular complexity index is 1050. The molecule has 0 fully saturated rings. The van der Waals surface area contributed by atoms with Crippen LogP contribution in [0.2, 0.25) is 0 Å². The molecule has 0 radical (unpaired) electrons. The lowest BCUT2D eigenvalue weighted by Gasteiger charge is -2.06. The van der Waals surface area contributed by atoms with Gasteiger partial charge in [-0.05, 0) is 44.2 Å². The minimum Gasteiger partial charge on any atom is -0.305 e. The Kier molecular flexibility index (Phi) is 3.26. The molecule has 4 aromatic rings. The Morgan fingerprint density at radius 3 is 2.88 bits per heavy atom. The van der Waals surface area contributed by atoms with Gasteiger partial charge in [-0.25, -0.2) is 4.68 Å². The van der Waals surface area contributed by atoms with Crippen LogP contribution in [0.5, 0.6) is 0 Å². The molecule has 2 aromatic heterocycles. The Hall–Kier alpha value is -3.22. The van der Waals surface area contributed by atoms with Gasteiger partial charge < -0.3 is 5.32 Å². The number of carbonyl (C=O) groups excluding carboxylic acids is 1. The Balaban J connectivity index is 1.66. The maximum Gasteiger partial charge on any atom is 0.256 e. The normalized spacial score (nSPS) is 11.5. The van der Waals surface area contributed by atoms with E-state index in [1.165, 1.54) is 0 Å². The van der Waals surface area contributed by atoms with Crippen molar-refractivity contribution in [1.82, 2.24) is 25.2 Å². The van der Waals surface area contributed by atoms with Crippen LogP contribution in [0.15, 0.2) is 42.5 Å². The topological polar surface area (TPSA) is 88.5 Å². The number of amides is 1. The average molecular weight is 320 g/mol. The van der Waals surface area contributed by atoms with Crippen LogP contribution >= 0.6 is 0 Å². The summed E-state index contributed by atoms with van der Waals surface area (Å²) in [6, 6.07) is 13.2. The lowest BCUT2D eigenvalue weighted by Crippen LogP contribution is -2.12. The highest BCUT2D eigenvalue weighted by molar-refractivity contribution is 6.08. The van der Waals surface area contributed by atoms with Crippen molar-refractivity contribution in [1.29, 1.82) is 0 Å². The van der Waals surface area contributed by atoms with E-state index >= 15 is 0 Å². The van der Waals surface area contributed by atoms with Gasteiger partial charge in [-0.2, -0.15) is 5.10 Å². The van der Waals surface area contributed by atoms with Crippen LogP contribution in [-0.4, -0.2) is 31.1 Å². The summed E-state index contributed by atoms with van der Waals surface area (Å²) in [6.45, 7) is 4.08. The number of anilines is 1. The molecular weight excluding hydrogens is 304 g/mol. The van der Waals surface area contributed by atoms with E-state index in [0.717, 1.165) is 16.4 Å².